The largest absolute Gasteiger partial charge is 0.481 e. The number of aliphatic carboxylic acids is 1. The summed E-state index contributed by atoms with van der Waals surface area (Å²) in [5, 5.41) is 19.3. The number of ether oxygens (including phenoxy) is 1. The fourth-order valence-corrected chi connectivity index (χ4v) is 5.19. The van der Waals surface area contributed by atoms with E-state index in [0.717, 1.165) is 6.92 Å². The molecule has 3 atom stereocenters. The predicted molar refractivity (Wildman–Crippen MR) is 171 cm³/mol. The van der Waals surface area contributed by atoms with Crippen LogP contribution in [0.1, 0.15) is 59.4 Å². The van der Waals surface area contributed by atoms with Crippen molar-refractivity contribution in [2.24, 2.45) is 11.8 Å². The van der Waals surface area contributed by atoms with Gasteiger partial charge in [0, 0.05) is 25.6 Å². The first-order valence-electron chi connectivity index (χ1n) is 14.7. The molecule has 0 aliphatic carbocycles. The van der Waals surface area contributed by atoms with Crippen LogP contribution in [0.4, 0.5) is 4.79 Å². The minimum atomic E-state index is -3.97. The Balaban J connectivity index is 2.86. The van der Waals surface area contributed by atoms with Crippen molar-refractivity contribution in [3.8, 4) is 0 Å². The van der Waals surface area contributed by atoms with E-state index in [1.165, 1.54) is 12.1 Å². The number of alkyl carbamates (subject to hydrolysis) is 1. The summed E-state index contributed by atoms with van der Waals surface area (Å²) in [6.07, 6.45) is -1.07. The highest BCUT2D eigenvalue weighted by molar-refractivity contribution is 7.90. The van der Waals surface area contributed by atoms with E-state index < -0.39 is 70.3 Å². The van der Waals surface area contributed by atoms with Crippen molar-refractivity contribution in [3.05, 3.63) is 29.8 Å². The highest BCUT2D eigenvalue weighted by atomic mass is 32.2. The van der Waals surface area contributed by atoms with Gasteiger partial charge in [-0.25, -0.2) is 17.9 Å². The number of sulfonamides is 1. The fraction of sp³-hybridized carbons (Fsp3) is 0.586. The zero-order chi connectivity index (χ0) is 35.0. The van der Waals surface area contributed by atoms with Crippen LogP contribution in [0.15, 0.2) is 29.2 Å². The van der Waals surface area contributed by atoms with E-state index >= 15 is 0 Å². The van der Waals surface area contributed by atoms with Crippen LogP contribution in [0, 0.1) is 11.8 Å². The summed E-state index contributed by atoms with van der Waals surface area (Å²) in [6, 6.07) is 2.27. The molecule has 6 N–H and O–H groups in total. The molecule has 0 aliphatic heterocycles. The summed E-state index contributed by atoms with van der Waals surface area (Å²) in [5.74, 6) is -4.01. The van der Waals surface area contributed by atoms with E-state index in [1.807, 2.05) is 32.4 Å². The molecule has 258 valence electrons. The SMILES string of the molecule is CC(=O)NS(=O)(=O)c1ccc(CCNC(=O)[C@H](CS)NC(=O)[C@H](CC(C)C)NC(=O)[C@H](CCC(=O)O)NC(=O)OCC(C)C)cc1. The lowest BCUT2D eigenvalue weighted by molar-refractivity contribution is -0.137. The molecule has 0 saturated carbocycles. The van der Waals surface area contributed by atoms with Gasteiger partial charge in [0.2, 0.25) is 23.6 Å². The Morgan fingerprint density at radius 1 is 0.848 bits per heavy atom. The topological polar surface area (TPSA) is 226 Å². The zero-order valence-corrected chi connectivity index (χ0v) is 28.3. The highest BCUT2D eigenvalue weighted by Crippen LogP contribution is 2.11. The van der Waals surface area contributed by atoms with Gasteiger partial charge in [-0.3, -0.25) is 24.0 Å². The average Bonchev–Trinajstić information content (AvgIpc) is 2.95. The molecule has 1 aromatic carbocycles. The van der Waals surface area contributed by atoms with Gasteiger partial charge in [0.1, 0.15) is 18.1 Å². The van der Waals surface area contributed by atoms with Gasteiger partial charge < -0.3 is 31.1 Å². The Morgan fingerprint density at radius 2 is 1.43 bits per heavy atom. The molecule has 0 bridgehead atoms. The first kappa shape index (κ1) is 40.2. The van der Waals surface area contributed by atoms with E-state index in [-0.39, 0.29) is 48.5 Å². The van der Waals surface area contributed by atoms with Crippen LogP contribution in [-0.4, -0.2) is 86.2 Å². The van der Waals surface area contributed by atoms with Gasteiger partial charge in [0.25, 0.3) is 10.0 Å². The molecule has 1 aromatic rings. The molecule has 0 aliphatic rings. The molecule has 0 heterocycles. The van der Waals surface area contributed by atoms with Gasteiger partial charge >= 0.3 is 12.1 Å². The first-order valence-corrected chi connectivity index (χ1v) is 16.8. The Morgan fingerprint density at radius 3 is 1.96 bits per heavy atom. The van der Waals surface area contributed by atoms with E-state index in [2.05, 4.69) is 33.9 Å². The Kier molecular flexibility index (Phi) is 17.1. The van der Waals surface area contributed by atoms with Crippen molar-refractivity contribution in [2.45, 2.75) is 83.3 Å². The van der Waals surface area contributed by atoms with Crippen molar-refractivity contribution in [1.82, 2.24) is 26.0 Å². The number of carbonyl (C=O) groups is 6. The second-order valence-electron chi connectivity index (χ2n) is 11.4. The molecular formula is C29H45N5O10S2. The number of thiol groups is 1. The smallest absolute Gasteiger partial charge is 0.407 e. The number of benzene rings is 1. The lowest BCUT2D eigenvalue weighted by Gasteiger charge is -2.25. The number of carboxylic acids is 1. The van der Waals surface area contributed by atoms with Crippen LogP contribution >= 0.6 is 12.6 Å². The maximum atomic E-state index is 13.2. The molecule has 0 fully saturated rings. The molecule has 5 amide bonds. The normalized spacial score (nSPS) is 13.2. The second kappa shape index (κ2) is 19.6. The molecule has 0 aromatic heterocycles. The van der Waals surface area contributed by atoms with Crippen LogP contribution < -0.4 is 26.0 Å². The molecule has 15 nitrogen and oxygen atoms in total. The van der Waals surface area contributed by atoms with E-state index in [0.29, 0.717) is 12.0 Å². The van der Waals surface area contributed by atoms with Crippen molar-refractivity contribution < 1.29 is 47.0 Å². The third-order valence-electron chi connectivity index (χ3n) is 6.18. The molecule has 0 spiro atoms. The average molecular weight is 688 g/mol. The molecule has 0 saturated heterocycles. The summed E-state index contributed by atoms with van der Waals surface area (Å²) in [6.45, 7) is 8.60. The van der Waals surface area contributed by atoms with Crippen molar-refractivity contribution in [1.29, 1.82) is 0 Å². The van der Waals surface area contributed by atoms with E-state index in [9.17, 15) is 37.2 Å². The summed E-state index contributed by atoms with van der Waals surface area (Å²) in [7, 11) is -3.97. The molecule has 0 radical (unpaired) electrons. The summed E-state index contributed by atoms with van der Waals surface area (Å²) >= 11 is 4.18. The van der Waals surface area contributed by atoms with Crippen molar-refractivity contribution >= 4 is 58.3 Å². The van der Waals surface area contributed by atoms with Crippen molar-refractivity contribution in [3.63, 3.8) is 0 Å². The lowest BCUT2D eigenvalue weighted by Crippen LogP contribution is -2.57. The maximum absolute atomic E-state index is 13.2. The summed E-state index contributed by atoms with van der Waals surface area (Å²) in [5.41, 5.74) is 0.701. The number of amides is 5. The van der Waals surface area contributed by atoms with Gasteiger partial charge in [-0.15, -0.1) is 0 Å². The van der Waals surface area contributed by atoms with Crippen LogP contribution in [-0.2, 0) is 45.2 Å². The standard InChI is InChI=1S/C29H45N5O10S2/c1-17(2)14-23(31-27(39)22(10-11-25(36)37)33-29(41)44-15-18(3)4)28(40)32-24(16-45)26(38)30-13-12-20-6-8-21(9-7-20)46(42,43)34-19(5)35/h6-9,17-18,22-24,45H,10-16H2,1-5H3,(H,30,38)(H,31,39)(H,32,40)(H,33,41)(H,34,35)(H,36,37)/t22-,23-,24-/m0/s1. The molecule has 46 heavy (non-hydrogen) atoms. The predicted octanol–water partition coefficient (Wildman–Crippen LogP) is 0.731. The minimum absolute atomic E-state index is 0.0305. The van der Waals surface area contributed by atoms with Gasteiger partial charge in [-0.2, -0.15) is 12.6 Å². The van der Waals surface area contributed by atoms with Crippen molar-refractivity contribution in [2.75, 3.05) is 18.9 Å². The molecule has 17 heteroatoms. The van der Waals surface area contributed by atoms with Crippen LogP contribution in [0.2, 0.25) is 0 Å². The minimum Gasteiger partial charge on any atom is -0.481 e. The lowest BCUT2D eigenvalue weighted by atomic mass is 10.0. The quantitative estimate of drug-likeness (QED) is 0.101. The molecular weight excluding hydrogens is 642 g/mol. The Hall–Kier alpha value is -3.86. The monoisotopic (exact) mass is 687 g/mol. The first-order chi connectivity index (χ1) is 21.4. The Bertz CT molecular complexity index is 1320. The van der Waals surface area contributed by atoms with Gasteiger partial charge in [0.05, 0.1) is 11.5 Å². The van der Waals surface area contributed by atoms with Crippen LogP contribution in [0.3, 0.4) is 0 Å². The number of nitrogens with one attached hydrogen (secondary N) is 5. The number of carboxylic acid groups (broad SMARTS) is 1. The third-order valence-corrected chi connectivity index (χ3v) is 8.00. The molecule has 1 rings (SSSR count). The number of hydrogen-bond acceptors (Lipinski definition) is 10. The van der Waals surface area contributed by atoms with Gasteiger partial charge in [-0.1, -0.05) is 39.8 Å². The maximum Gasteiger partial charge on any atom is 0.407 e. The van der Waals surface area contributed by atoms with Gasteiger partial charge in [0.15, 0.2) is 0 Å². The second-order valence-corrected chi connectivity index (χ2v) is 13.5. The number of carbonyl (C=O) groups excluding carboxylic acids is 5. The van der Waals surface area contributed by atoms with Crippen LogP contribution in [0.25, 0.3) is 0 Å². The highest BCUT2D eigenvalue weighted by Gasteiger charge is 2.30. The molecule has 0 unspecified atom stereocenters. The number of hydrogen-bond donors (Lipinski definition) is 7. The number of rotatable bonds is 19. The summed E-state index contributed by atoms with van der Waals surface area (Å²) < 4.78 is 31.1. The summed E-state index contributed by atoms with van der Waals surface area (Å²) in [4.78, 5) is 73.5. The van der Waals surface area contributed by atoms with E-state index in [1.54, 1.807) is 12.1 Å². The Labute approximate surface area is 274 Å². The zero-order valence-electron chi connectivity index (χ0n) is 26.6. The van der Waals surface area contributed by atoms with Crippen LogP contribution in [0.5, 0.6) is 0 Å². The fourth-order valence-electron chi connectivity index (χ4n) is 3.94. The van der Waals surface area contributed by atoms with Gasteiger partial charge in [-0.05, 0) is 48.8 Å². The third kappa shape index (κ3) is 15.4. The van der Waals surface area contributed by atoms with E-state index in [4.69, 9.17) is 9.84 Å².